The van der Waals surface area contributed by atoms with Crippen molar-refractivity contribution in [2.45, 2.75) is 58.3 Å². The third-order valence-corrected chi connectivity index (χ3v) is 3.31. The number of unbranched alkanes of at least 4 members (excludes halogenated alkanes) is 7. The van der Waals surface area contributed by atoms with E-state index in [1.807, 2.05) is 0 Å². The number of hydrogen-bond donors (Lipinski definition) is 0. The summed E-state index contributed by atoms with van der Waals surface area (Å²) in [7, 11) is 0. The summed E-state index contributed by atoms with van der Waals surface area (Å²) in [5.74, 6) is -0.711. The van der Waals surface area contributed by atoms with E-state index < -0.39 is 0 Å². The van der Waals surface area contributed by atoms with Gasteiger partial charge in [0.15, 0.2) is 0 Å². The second-order valence-corrected chi connectivity index (χ2v) is 5.12. The van der Waals surface area contributed by atoms with Gasteiger partial charge in [0.05, 0.1) is 12.2 Å². The summed E-state index contributed by atoms with van der Waals surface area (Å²) in [6.45, 7) is 2.67. The lowest BCUT2D eigenvalue weighted by Gasteiger charge is -2.05. The maximum Gasteiger partial charge on any atom is 0.338 e. The van der Waals surface area contributed by atoms with Gasteiger partial charge in [-0.25, -0.2) is 9.18 Å². The van der Waals surface area contributed by atoms with E-state index in [0.717, 1.165) is 12.8 Å². The Labute approximate surface area is 121 Å². The molecule has 0 saturated carbocycles. The van der Waals surface area contributed by atoms with E-state index in [1.54, 1.807) is 0 Å². The largest absolute Gasteiger partial charge is 0.462 e. The quantitative estimate of drug-likeness (QED) is 0.439. The van der Waals surface area contributed by atoms with E-state index >= 15 is 0 Å². The van der Waals surface area contributed by atoms with Crippen molar-refractivity contribution in [3.63, 3.8) is 0 Å². The lowest BCUT2D eigenvalue weighted by atomic mass is 10.1. The van der Waals surface area contributed by atoms with Crippen LogP contribution in [0.1, 0.15) is 68.6 Å². The molecule has 0 unspecified atom stereocenters. The maximum atomic E-state index is 12.7. The molecule has 0 aromatic heterocycles. The van der Waals surface area contributed by atoms with Crippen molar-refractivity contribution in [3.8, 4) is 0 Å². The third kappa shape index (κ3) is 7.27. The van der Waals surface area contributed by atoms with Crippen LogP contribution in [0.2, 0.25) is 0 Å². The van der Waals surface area contributed by atoms with E-state index in [-0.39, 0.29) is 11.8 Å². The summed E-state index contributed by atoms with van der Waals surface area (Å²) in [4.78, 5) is 11.6. The zero-order valence-electron chi connectivity index (χ0n) is 12.4. The average molecular weight is 280 g/mol. The lowest BCUT2D eigenvalue weighted by Crippen LogP contribution is -2.06. The van der Waals surface area contributed by atoms with E-state index in [2.05, 4.69) is 6.92 Å². The van der Waals surface area contributed by atoms with Crippen LogP contribution in [0.4, 0.5) is 4.39 Å². The van der Waals surface area contributed by atoms with Gasteiger partial charge in [-0.3, -0.25) is 0 Å². The molecule has 3 heteroatoms. The average Bonchev–Trinajstić information content (AvgIpc) is 2.46. The monoisotopic (exact) mass is 280 g/mol. The van der Waals surface area contributed by atoms with Crippen LogP contribution in [0.15, 0.2) is 24.3 Å². The summed E-state index contributed by atoms with van der Waals surface area (Å²) in [5, 5.41) is 0. The van der Waals surface area contributed by atoms with Crippen molar-refractivity contribution in [2.24, 2.45) is 0 Å². The molecule has 0 heterocycles. The highest BCUT2D eigenvalue weighted by molar-refractivity contribution is 5.89. The Morgan fingerprint density at radius 3 is 2.10 bits per heavy atom. The van der Waals surface area contributed by atoms with Crippen LogP contribution in [-0.2, 0) is 4.74 Å². The number of benzene rings is 1. The summed E-state index contributed by atoms with van der Waals surface area (Å²) in [6, 6.07) is 5.44. The Morgan fingerprint density at radius 1 is 0.950 bits per heavy atom. The number of ether oxygens (including phenoxy) is 1. The van der Waals surface area contributed by atoms with Crippen LogP contribution in [-0.4, -0.2) is 12.6 Å². The highest BCUT2D eigenvalue weighted by Gasteiger charge is 2.06. The van der Waals surface area contributed by atoms with Crippen LogP contribution in [0, 0.1) is 5.82 Å². The first-order valence-corrected chi connectivity index (χ1v) is 7.66. The van der Waals surface area contributed by atoms with Gasteiger partial charge < -0.3 is 4.74 Å². The topological polar surface area (TPSA) is 26.3 Å². The Morgan fingerprint density at radius 2 is 1.50 bits per heavy atom. The van der Waals surface area contributed by atoms with Crippen molar-refractivity contribution in [1.82, 2.24) is 0 Å². The van der Waals surface area contributed by atoms with E-state index in [0.29, 0.717) is 12.2 Å². The molecule has 112 valence electrons. The van der Waals surface area contributed by atoms with Crippen LogP contribution < -0.4 is 0 Å². The molecule has 1 rings (SSSR count). The zero-order valence-corrected chi connectivity index (χ0v) is 12.4. The Kier molecular flexibility index (Phi) is 8.68. The van der Waals surface area contributed by atoms with Gasteiger partial charge in [-0.15, -0.1) is 0 Å². The predicted molar refractivity (Wildman–Crippen MR) is 79.3 cm³/mol. The fourth-order valence-electron chi connectivity index (χ4n) is 2.07. The molecule has 20 heavy (non-hydrogen) atoms. The molecule has 0 atom stereocenters. The molecule has 0 saturated heterocycles. The van der Waals surface area contributed by atoms with Gasteiger partial charge in [0.2, 0.25) is 0 Å². The molecular weight excluding hydrogens is 255 g/mol. The number of carbonyl (C=O) groups is 1. The molecule has 0 spiro atoms. The SMILES string of the molecule is CCCCCCCCCCOC(=O)c1ccc(F)cc1. The molecule has 1 aromatic rings. The Hall–Kier alpha value is -1.38. The van der Waals surface area contributed by atoms with Crippen LogP contribution in [0.3, 0.4) is 0 Å². The van der Waals surface area contributed by atoms with Gasteiger partial charge in [0.25, 0.3) is 0 Å². The van der Waals surface area contributed by atoms with Crippen LogP contribution >= 0.6 is 0 Å². The van der Waals surface area contributed by atoms with E-state index in [9.17, 15) is 9.18 Å². The second kappa shape index (κ2) is 10.4. The molecule has 2 nitrogen and oxygen atoms in total. The Bertz CT molecular complexity index is 373. The van der Waals surface area contributed by atoms with Crippen molar-refractivity contribution >= 4 is 5.97 Å². The molecule has 0 fully saturated rings. The van der Waals surface area contributed by atoms with Gasteiger partial charge in [-0.2, -0.15) is 0 Å². The number of esters is 1. The maximum absolute atomic E-state index is 12.7. The fourth-order valence-corrected chi connectivity index (χ4v) is 2.07. The fraction of sp³-hybridized carbons (Fsp3) is 0.588. The first-order valence-electron chi connectivity index (χ1n) is 7.66. The summed E-state index contributed by atoms with van der Waals surface area (Å²) >= 11 is 0. The second-order valence-electron chi connectivity index (χ2n) is 5.12. The van der Waals surface area contributed by atoms with Gasteiger partial charge in [-0.05, 0) is 30.7 Å². The summed E-state index contributed by atoms with van der Waals surface area (Å²) in [6.07, 6.45) is 9.72. The highest BCUT2D eigenvalue weighted by atomic mass is 19.1. The van der Waals surface area contributed by atoms with Crippen LogP contribution in [0.25, 0.3) is 0 Å². The molecule has 0 radical (unpaired) electrons. The predicted octanol–water partition coefficient (Wildman–Crippen LogP) is 5.12. The van der Waals surface area contributed by atoms with Gasteiger partial charge in [0, 0.05) is 0 Å². The molecule has 0 aliphatic heterocycles. The molecule has 0 aliphatic carbocycles. The summed E-state index contributed by atoms with van der Waals surface area (Å²) in [5.41, 5.74) is 0.408. The van der Waals surface area contributed by atoms with Crippen molar-refractivity contribution in [3.05, 3.63) is 35.6 Å². The standard InChI is InChI=1S/C17H25FO2/c1-2-3-4-5-6-7-8-9-14-20-17(19)15-10-12-16(18)13-11-15/h10-13H,2-9,14H2,1H3. The minimum absolute atomic E-state index is 0.343. The highest BCUT2D eigenvalue weighted by Crippen LogP contribution is 2.09. The first-order chi connectivity index (χ1) is 9.74. The lowest BCUT2D eigenvalue weighted by molar-refractivity contribution is 0.0497. The molecule has 0 amide bonds. The number of carbonyl (C=O) groups excluding carboxylic acids is 1. The smallest absolute Gasteiger partial charge is 0.338 e. The minimum atomic E-state index is -0.368. The normalized spacial score (nSPS) is 10.5. The van der Waals surface area contributed by atoms with Gasteiger partial charge in [0.1, 0.15) is 5.82 Å². The van der Waals surface area contributed by atoms with Crippen LogP contribution in [0.5, 0.6) is 0 Å². The van der Waals surface area contributed by atoms with E-state index in [1.165, 1.54) is 62.8 Å². The minimum Gasteiger partial charge on any atom is -0.462 e. The molecule has 0 bridgehead atoms. The van der Waals surface area contributed by atoms with Crippen molar-refractivity contribution in [2.75, 3.05) is 6.61 Å². The molecular formula is C17H25FO2. The number of halogens is 1. The third-order valence-electron chi connectivity index (χ3n) is 3.31. The molecule has 0 aliphatic rings. The molecule has 1 aromatic carbocycles. The molecule has 0 N–H and O–H groups in total. The number of hydrogen-bond acceptors (Lipinski definition) is 2. The van der Waals surface area contributed by atoms with Crippen molar-refractivity contribution < 1.29 is 13.9 Å². The summed E-state index contributed by atoms with van der Waals surface area (Å²) < 4.78 is 17.9. The van der Waals surface area contributed by atoms with Gasteiger partial charge >= 0.3 is 5.97 Å². The van der Waals surface area contributed by atoms with E-state index in [4.69, 9.17) is 4.74 Å². The number of rotatable bonds is 10. The van der Waals surface area contributed by atoms with Crippen molar-refractivity contribution in [1.29, 1.82) is 0 Å². The Balaban J connectivity index is 2.01. The first kappa shape index (κ1) is 16.7. The zero-order chi connectivity index (χ0) is 14.6. The van der Waals surface area contributed by atoms with Gasteiger partial charge in [-0.1, -0.05) is 51.9 Å².